The van der Waals surface area contributed by atoms with Crippen LogP contribution in [-0.2, 0) is 25.6 Å². The van der Waals surface area contributed by atoms with E-state index in [-0.39, 0.29) is 19.6 Å². The molecule has 0 bridgehead atoms. The van der Waals surface area contributed by atoms with Crippen LogP contribution in [0, 0.1) is 5.82 Å². The summed E-state index contributed by atoms with van der Waals surface area (Å²) in [7, 11) is 0. The molecule has 3 atom stereocenters. The van der Waals surface area contributed by atoms with Crippen LogP contribution in [0.4, 0.5) is 4.39 Å². The van der Waals surface area contributed by atoms with E-state index >= 15 is 0 Å². The Morgan fingerprint density at radius 3 is 2.75 bits per heavy atom. The standard InChI is InChI=1S/C18H18ClFN2O6/c1-10(23)26-9-15-14(27-8-11-2-4-12(19)5-3-11)6-16(28-15)22-7-13(20)17(24)21-18(22)25/h2-5,7,14-16H,6,8-9H2,1H3,(H,21,24,25)/t14-,15+,16+/m0/s1. The molecule has 150 valence electrons. The van der Waals surface area contributed by atoms with E-state index in [4.69, 9.17) is 25.8 Å². The van der Waals surface area contributed by atoms with Gasteiger partial charge in [-0.25, -0.2) is 4.79 Å². The molecule has 1 aliphatic rings. The fraction of sp³-hybridized carbons (Fsp3) is 0.389. The third kappa shape index (κ3) is 4.86. The van der Waals surface area contributed by atoms with E-state index in [1.54, 1.807) is 24.3 Å². The molecule has 0 amide bonds. The van der Waals surface area contributed by atoms with Crippen molar-refractivity contribution in [2.45, 2.75) is 38.4 Å². The minimum Gasteiger partial charge on any atom is -0.463 e. The van der Waals surface area contributed by atoms with E-state index in [2.05, 4.69) is 0 Å². The zero-order valence-corrected chi connectivity index (χ0v) is 15.6. The Morgan fingerprint density at radius 1 is 1.36 bits per heavy atom. The van der Waals surface area contributed by atoms with Gasteiger partial charge in [-0.15, -0.1) is 0 Å². The lowest BCUT2D eigenvalue weighted by atomic mass is 10.1. The number of aromatic amines is 1. The number of nitrogens with one attached hydrogen (secondary N) is 1. The Morgan fingerprint density at radius 2 is 2.07 bits per heavy atom. The van der Waals surface area contributed by atoms with Crippen LogP contribution in [0.2, 0.25) is 5.02 Å². The van der Waals surface area contributed by atoms with Crippen molar-refractivity contribution < 1.29 is 23.4 Å². The lowest BCUT2D eigenvalue weighted by molar-refractivity contribution is -0.148. The number of esters is 1. The second-order valence-corrected chi connectivity index (χ2v) is 6.72. The number of H-pyrrole nitrogens is 1. The SMILES string of the molecule is CC(=O)OC[C@H]1O[C@@H](n2cc(F)c(=O)[nH]c2=O)C[C@@H]1OCc1ccc(Cl)cc1. The average molecular weight is 413 g/mol. The lowest BCUT2D eigenvalue weighted by Crippen LogP contribution is -2.34. The molecule has 1 aliphatic heterocycles. The van der Waals surface area contributed by atoms with Crippen molar-refractivity contribution in [1.29, 1.82) is 0 Å². The fourth-order valence-corrected chi connectivity index (χ4v) is 2.98. The van der Waals surface area contributed by atoms with Gasteiger partial charge in [0.15, 0.2) is 0 Å². The monoisotopic (exact) mass is 412 g/mol. The van der Waals surface area contributed by atoms with Crippen molar-refractivity contribution in [3.8, 4) is 0 Å². The van der Waals surface area contributed by atoms with Gasteiger partial charge in [0, 0.05) is 18.4 Å². The summed E-state index contributed by atoms with van der Waals surface area (Å²) in [6, 6.07) is 7.07. The van der Waals surface area contributed by atoms with E-state index in [1.807, 2.05) is 4.98 Å². The highest BCUT2D eigenvalue weighted by molar-refractivity contribution is 6.30. The topological polar surface area (TPSA) is 99.6 Å². The third-order valence-corrected chi connectivity index (χ3v) is 4.50. The second-order valence-electron chi connectivity index (χ2n) is 6.29. The molecule has 0 saturated carbocycles. The highest BCUT2D eigenvalue weighted by Gasteiger charge is 2.38. The quantitative estimate of drug-likeness (QED) is 0.726. The summed E-state index contributed by atoms with van der Waals surface area (Å²) in [5.41, 5.74) is -1.04. The summed E-state index contributed by atoms with van der Waals surface area (Å²) >= 11 is 5.86. The molecular weight excluding hydrogens is 395 g/mol. The molecule has 1 aromatic heterocycles. The molecule has 0 aliphatic carbocycles. The molecule has 2 heterocycles. The van der Waals surface area contributed by atoms with Gasteiger partial charge in [0.05, 0.1) is 18.9 Å². The number of halogens is 2. The van der Waals surface area contributed by atoms with Gasteiger partial charge in [-0.2, -0.15) is 4.39 Å². The predicted molar refractivity (Wildman–Crippen MR) is 96.5 cm³/mol. The normalized spacial score (nSPS) is 21.6. The molecule has 10 heteroatoms. The van der Waals surface area contributed by atoms with Crippen LogP contribution < -0.4 is 11.2 Å². The largest absolute Gasteiger partial charge is 0.463 e. The summed E-state index contributed by atoms with van der Waals surface area (Å²) in [4.78, 5) is 36.2. The predicted octanol–water partition coefficient (Wildman–Crippen LogP) is 1.77. The van der Waals surface area contributed by atoms with E-state index in [0.717, 1.165) is 16.3 Å². The molecule has 28 heavy (non-hydrogen) atoms. The highest BCUT2D eigenvalue weighted by atomic mass is 35.5. The summed E-state index contributed by atoms with van der Waals surface area (Å²) in [6.07, 6.45) is -1.08. The number of nitrogens with zero attached hydrogens (tertiary/aromatic N) is 1. The van der Waals surface area contributed by atoms with Gasteiger partial charge in [-0.05, 0) is 17.7 Å². The van der Waals surface area contributed by atoms with Gasteiger partial charge < -0.3 is 14.2 Å². The summed E-state index contributed by atoms with van der Waals surface area (Å²) in [5, 5.41) is 0.597. The maximum absolute atomic E-state index is 13.6. The Bertz CT molecular complexity index is 958. The first kappa shape index (κ1) is 20.2. The Hall–Kier alpha value is -2.49. The van der Waals surface area contributed by atoms with Crippen LogP contribution >= 0.6 is 11.6 Å². The van der Waals surface area contributed by atoms with Gasteiger partial charge >= 0.3 is 11.7 Å². The average Bonchev–Trinajstić information content (AvgIpc) is 3.05. The molecule has 0 unspecified atom stereocenters. The Kier molecular flexibility index (Phi) is 6.28. The number of ether oxygens (including phenoxy) is 3. The fourth-order valence-electron chi connectivity index (χ4n) is 2.85. The number of rotatable bonds is 6. The Balaban J connectivity index is 1.75. The van der Waals surface area contributed by atoms with Crippen molar-refractivity contribution in [3.63, 3.8) is 0 Å². The van der Waals surface area contributed by atoms with Gasteiger partial charge in [-0.1, -0.05) is 23.7 Å². The number of carbonyl (C=O) groups is 1. The third-order valence-electron chi connectivity index (χ3n) is 4.24. The number of benzene rings is 1. The van der Waals surface area contributed by atoms with E-state index in [1.165, 1.54) is 6.92 Å². The zero-order chi connectivity index (χ0) is 20.3. The maximum atomic E-state index is 13.6. The van der Waals surface area contributed by atoms with Crippen LogP contribution in [0.25, 0.3) is 0 Å². The highest BCUT2D eigenvalue weighted by Crippen LogP contribution is 2.31. The molecule has 1 saturated heterocycles. The van der Waals surface area contributed by atoms with Crippen LogP contribution in [0.1, 0.15) is 25.1 Å². The molecule has 2 aromatic rings. The molecule has 1 fully saturated rings. The van der Waals surface area contributed by atoms with Crippen molar-refractivity contribution in [3.05, 3.63) is 67.7 Å². The zero-order valence-electron chi connectivity index (χ0n) is 14.9. The summed E-state index contributed by atoms with van der Waals surface area (Å²) < 4.78 is 31.2. The van der Waals surface area contributed by atoms with Crippen molar-refractivity contribution in [2.75, 3.05) is 6.61 Å². The lowest BCUT2D eigenvalue weighted by Gasteiger charge is -2.18. The van der Waals surface area contributed by atoms with Crippen molar-refractivity contribution in [1.82, 2.24) is 9.55 Å². The minimum absolute atomic E-state index is 0.0856. The van der Waals surface area contributed by atoms with Crippen LogP contribution in [0.15, 0.2) is 40.1 Å². The van der Waals surface area contributed by atoms with E-state index < -0.39 is 41.5 Å². The second kappa shape index (κ2) is 8.68. The number of hydrogen-bond donors (Lipinski definition) is 1. The number of carbonyl (C=O) groups excluding carboxylic acids is 1. The van der Waals surface area contributed by atoms with E-state index in [0.29, 0.717) is 5.02 Å². The molecule has 0 spiro atoms. The Labute approximate surface area is 163 Å². The molecular formula is C18H18ClFN2O6. The number of hydrogen-bond acceptors (Lipinski definition) is 6. The van der Waals surface area contributed by atoms with Gasteiger partial charge in [0.2, 0.25) is 5.82 Å². The molecule has 3 rings (SSSR count). The van der Waals surface area contributed by atoms with Crippen LogP contribution in [0.5, 0.6) is 0 Å². The van der Waals surface area contributed by atoms with Gasteiger partial charge in [0.1, 0.15) is 18.9 Å². The number of aromatic nitrogens is 2. The molecule has 1 aromatic carbocycles. The molecule has 0 radical (unpaired) electrons. The first-order chi connectivity index (χ1) is 13.3. The van der Waals surface area contributed by atoms with Crippen molar-refractivity contribution >= 4 is 17.6 Å². The molecule has 8 nitrogen and oxygen atoms in total. The van der Waals surface area contributed by atoms with E-state index in [9.17, 15) is 18.8 Å². The van der Waals surface area contributed by atoms with Crippen LogP contribution in [-0.4, -0.2) is 34.3 Å². The first-order valence-corrected chi connectivity index (χ1v) is 8.87. The van der Waals surface area contributed by atoms with Gasteiger partial charge in [0.25, 0.3) is 5.56 Å². The summed E-state index contributed by atoms with van der Waals surface area (Å²) in [6.45, 7) is 1.42. The van der Waals surface area contributed by atoms with Gasteiger partial charge in [-0.3, -0.25) is 19.1 Å². The smallest absolute Gasteiger partial charge is 0.330 e. The first-order valence-electron chi connectivity index (χ1n) is 8.49. The summed E-state index contributed by atoms with van der Waals surface area (Å²) in [5.74, 6) is -1.60. The van der Waals surface area contributed by atoms with Crippen molar-refractivity contribution in [2.24, 2.45) is 0 Å². The minimum atomic E-state index is -1.11. The molecule has 1 N–H and O–H groups in total. The maximum Gasteiger partial charge on any atom is 0.330 e. The van der Waals surface area contributed by atoms with Crippen LogP contribution in [0.3, 0.4) is 0 Å².